The summed E-state index contributed by atoms with van der Waals surface area (Å²) < 4.78 is 0. The second-order valence-corrected chi connectivity index (χ2v) is 2.03. The van der Waals surface area contributed by atoms with Gasteiger partial charge in [0.2, 0.25) is 0 Å². The number of hydrogen-bond donors (Lipinski definition) is 2. The predicted octanol–water partition coefficient (Wildman–Crippen LogP) is 0.290. The van der Waals surface area contributed by atoms with Gasteiger partial charge in [0.05, 0.1) is 0 Å². The maximum atomic E-state index is 10.6. The van der Waals surface area contributed by atoms with E-state index in [2.05, 4.69) is 15.5 Å². The highest BCUT2D eigenvalue weighted by molar-refractivity contribution is 6.02. The highest BCUT2D eigenvalue weighted by Gasteiger charge is 1.99. The molecular weight excluding hydrogens is 142 g/mol. The Morgan fingerprint density at radius 1 is 1.91 bits per heavy atom. The Bertz CT molecular complexity index is 308. The molecule has 0 radical (unpaired) electrons. The van der Waals surface area contributed by atoms with Gasteiger partial charge in [-0.3, -0.25) is 15.2 Å². The van der Waals surface area contributed by atoms with E-state index >= 15 is 0 Å². The summed E-state index contributed by atoms with van der Waals surface area (Å²) in [5.74, 6) is 1.88. The van der Waals surface area contributed by atoms with E-state index in [1.807, 2.05) is 12.8 Å². The molecule has 1 rings (SSSR count). The van der Waals surface area contributed by atoms with Gasteiger partial charge in [0.1, 0.15) is 0 Å². The van der Waals surface area contributed by atoms with Crippen molar-refractivity contribution >= 4 is 11.7 Å². The number of aryl methyl sites for hydroxylation is 1. The summed E-state index contributed by atoms with van der Waals surface area (Å²) in [6.07, 6.45) is 4.83. The summed E-state index contributed by atoms with van der Waals surface area (Å²) in [7, 11) is 0. The molecule has 11 heavy (non-hydrogen) atoms. The topological polar surface area (TPSA) is 57.8 Å². The zero-order valence-electron chi connectivity index (χ0n) is 6.01. The average Bonchev–Trinajstić information content (AvgIpc) is 2.35. The number of aromatic amines is 1. The standard InChI is InChI=1S/C7H7N3O/c1-3-7(11)8-6-4-5(2)9-10-6/h1,4H,2H3,(H2,8,9,10,11). The van der Waals surface area contributed by atoms with Gasteiger partial charge in [-0.15, -0.1) is 6.42 Å². The molecule has 1 heterocycles. The van der Waals surface area contributed by atoms with Crippen molar-refractivity contribution in [3.8, 4) is 12.3 Å². The van der Waals surface area contributed by atoms with E-state index in [9.17, 15) is 4.79 Å². The minimum Gasteiger partial charge on any atom is -0.298 e. The van der Waals surface area contributed by atoms with Gasteiger partial charge < -0.3 is 0 Å². The first kappa shape index (κ1) is 7.35. The van der Waals surface area contributed by atoms with Gasteiger partial charge in [0.15, 0.2) is 5.82 Å². The molecule has 0 bridgehead atoms. The number of aromatic nitrogens is 2. The number of carbonyl (C=O) groups is 1. The van der Waals surface area contributed by atoms with Gasteiger partial charge in [-0.25, -0.2) is 0 Å². The molecule has 56 valence electrons. The van der Waals surface area contributed by atoms with Crippen molar-refractivity contribution in [3.05, 3.63) is 11.8 Å². The van der Waals surface area contributed by atoms with Crippen LogP contribution in [0, 0.1) is 19.3 Å². The van der Waals surface area contributed by atoms with Crippen molar-refractivity contribution in [1.82, 2.24) is 10.2 Å². The minimum atomic E-state index is -0.489. The van der Waals surface area contributed by atoms with Crippen LogP contribution in [0.15, 0.2) is 6.07 Å². The number of terminal acetylenes is 1. The van der Waals surface area contributed by atoms with Crippen LogP contribution in [0.1, 0.15) is 5.69 Å². The van der Waals surface area contributed by atoms with Crippen LogP contribution in [0.3, 0.4) is 0 Å². The third-order valence-corrected chi connectivity index (χ3v) is 1.08. The van der Waals surface area contributed by atoms with Gasteiger partial charge in [0, 0.05) is 11.8 Å². The molecule has 2 N–H and O–H groups in total. The van der Waals surface area contributed by atoms with Gasteiger partial charge in [-0.2, -0.15) is 5.10 Å². The highest BCUT2D eigenvalue weighted by atomic mass is 16.1. The summed E-state index contributed by atoms with van der Waals surface area (Å²) in [5.41, 5.74) is 0.873. The van der Waals surface area contributed by atoms with Crippen molar-refractivity contribution in [1.29, 1.82) is 0 Å². The molecule has 4 nitrogen and oxygen atoms in total. The molecule has 0 aromatic carbocycles. The molecule has 1 aromatic heterocycles. The van der Waals surface area contributed by atoms with E-state index in [0.29, 0.717) is 5.82 Å². The van der Waals surface area contributed by atoms with Crippen LogP contribution in [0.2, 0.25) is 0 Å². The van der Waals surface area contributed by atoms with Crippen molar-refractivity contribution in [3.63, 3.8) is 0 Å². The quantitative estimate of drug-likeness (QED) is 0.564. The van der Waals surface area contributed by atoms with E-state index in [-0.39, 0.29) is 0 Å². The Morgan fingerprint density at radius 3 is 3.09 bits per heavy atom. The molecule has 1 aromatic rings. The van der Waals surface area contributed by atoms with Crippen molar-refractivity contribution in [2.75, 3.05) is 5.32 Å². The van der Waals surface area contributed by atoms with Crippen molar-refractivity contribution < 1.29 is 4.79 Å². The van der Waals surface area contributed by atoms with E-state index in [1.165, 1.54) is 0 Å². The lowest BCUT2D eigenvalue weighted by atomic mass is 10.4. The van der Waals surface area contributed by atoms with Gasteiger partial charge >= 0.3 is 5.91 Å². The van der Waals surface area contributed by atoms with Crippen LogP contribution in [0.5, 0.6) is 0 Å². The number of hydrogen-bond acceptors (Lipinski definition) is 2. The van der Waals surface area contributed by atoms with Crippen LogP contribution in [0.25, 0.3) is 0 Å². The summed E-state index contributed by atoms with van der Waals surface area (Å²) >= 11 is 0. The molecule has 0 aliphatic rings. The second kappa shape index (κ2) is 2.88. The third-order valence-electron chi connectivity index (χ3n) is 1.08. The Labute approximate surface area is 64.0 Å². The number of anilines is 1. The number of nitrogens with zero attached hydrogens (tertiary/aromatic N) is 1. The summed E-state index contributed by atoms with van der Waals surface area (Å²) in [5, 5.41) is 8.81. The molecule has 0 unspecified atom stereocenters. The molecule has 0 aliphatic heterocycles. The molecule has 1 amide bonds. The second-order valence-electron chi connectivity index (χ2n) is 2.03. The lowest BCUT2D eigenvalue weighted by molar-refractivity contribution is -0.111. The van der Waals surface area contributed by atoms with E-state index in [0.717, 1.165) is 5.69 Å². The third kappa shape index (κ3) is 1.83. The number of rotatable bonds is 1. The summed E-state index contributed by atoms with van der Waals surface area (Å²) in [6.45, 7) is 1.83. The van der Waals surface area contributed by atoms with Crippen molar-refractivity contribution in [2.24, 2.45) is 0 Å². The maximum Gasteiger partial charge on any atom is 0.301 e. The molecule has 0 aliphatic carbocycles. The Balaban J connectivity index is 2.66. The highest BCUT2D eigenvalue weighted by Crippen LogP contribution is 2.02. The fourth-order valence-corrected chi connectivity index (χ4v) is 0.634. The fourth-order valence-electron chi connectivity index (χ4n) is 0.634. The van der Waals surface area contributed by atoms with E-state index in [4.69, 9.17) is 6.42 Å². The summed E-state index contributed by atoms with van der Waals surface area (Å²) in [4.78, 5) is 10.6. The first-order valence-electron chi connectivity index (χ1n) is 3.02. The predicted molar refractivity (Wildman–Crippen MR) is 40.8 cm³/mol. The molecule has 0 saturated heterocycles. The van der Waals surface area contributed by atoms with Crippen LogP contribution in [-0.4, -0.2) is 16.1 Å². The van der Waals surface area contributed by atoms with E-state index < -0.39 is 5.91 Å². The normalized spacial score (nSPS) is 8.73. The largest absolute Gasteiger partial charge is 0.301 e. The summed E-state index contributed by atoms with van der Waals surface area (Å²) in [6, 6.07) is 1.69. The van der Waals surface area contributed by atoms with Gasteiger partial charge in [-0.1, -0.05) is 0 Å². The SMILES string of the molecule is C#CC(=O)Nc1cc(C)[nH]n1. The number of H-pyrrole nitrogens is 1. The first-order chi connectivity index (χ1) is 5.22. The minimum absolute atomic E-state index is 0.449. The molecular formula is C7H7N3O. The Hall–Kier alpha value is -1.76. The van der Waals surface area contributed by atoms with Crippen LogP contribution in [0.4, 0.5) is 5.82 Å². The van der Waals surface area contributed by atoms with Crippen molar-refractivity contribution in [2.45, 2.75) is 6.92 Å². The Morgan fingerprint density at radius 2 is 2.64 bits per heavy atom. The zero-order chi connectivity index (χ0) is 8.27. The molecule has 0 atom stereocenters. The molecule has 0 spiro atoms. The lowest BCUT2D eigenvalue weighted by Crippen LogP contribution is -2.07. The number of nitrogens with one attached hydrogen (secondary N) is 2. The Kier molecular flexibility index (Phi) is 1.93. The fraction of sp³-hybridized carbons (Fsp3) is 0.143. The lowest BCUT2D eigenvalue weighted by Gasteiger charge is -1.90. The van der Waals surface area contributed by atoms with E-state index in [1.54, 1.807) is 6.07 Å². The molecule has 0 saturated carbocycles. The maximum absolute atomic E-state index is 10.6. The number of amides is 1. The van der Waals surface area contributed by atoms with Crippen LogP contribution in [-0.2, 0) is 4.79 Å². The van der Waals surface area contributed by atoms with Crippen LogP contribution >= 0.6 is 0 Å². The van der Waals surface area contributed by atoms with Gasteiger partial charge in [0.25, 0.3) is 0 Å². The molecule has 4 heteroatoms. The van der Waals surface area contributed by atoms with Gasteiger partial charge in [-0.05, 0) is 12.8 Å². The molecule has 0 fully saturated rings. The first-order valence-corrected chi connectivity index (χ1v) is 3.02. The average molecular weight is 149 g/mol. The smallest absolute Gasteiger partial charge is 0.298 e. The monoisotopic (exact) mass is 149 g/mol. The van der Waals surface area contributed by atoms with Crippen LogP contribution < -0.4 is 5.32 Å². The number of carbonyl (C=O) groups excluding carboxylic acids is 1. The zero-order valence-corrected chi connectivity index (χ0v) is 6.01.